The van der Waals surface area contributed by atoms with Crippen LogP contribution in [-0.2, 0) is 13.2 Å². The molecule has 7 heteroatoms. The van der Waals surface area contributed by atoms with Gasteiger partial charge in [-0.1, -0.05) is 35.3 Å². The van der Waals surface area contributed by atoms with E-state index in [1.165, 1.54) is 12.1 Å². The third kappa shape index (κ3) is 4.94. The predicted molar refractivity (Wildman–Crippen MR) is 112 cm³/mol. The van der Waals surface area contributed by atoms with Crippen molar-refractivity contribution in [1.82, 2.24) is 0 Å². The van der Waals surface area contributed by atoms with Crippen LogP contribution >= 0.6 is 23.2 Å². The standard InChI is InChI=1S/C21H18Cl2N2O3/c1-14-18(22)3-2-4-20(14)24-12-16-7-10-21(19(23)11-16)28-13-15-5-8-17(9-6-15)25(26)27/h2-11,24H,12-13H2,1H3. The first-order valence-electron chi connectivity index (χ1n) is 8.57. The fourth-order valence-electron chi connectivity index (χ4n) is 2.64. The summed E-state index contributed by atoms with van der Waals surface area (Å²) < 4.78 is 5.74. The molecule has 3 rings (SSSR count). The van der Waals surface area contributed by atoms with Gasteiger partial charge in [0.2, 0.25) is 0 Å². The highest BCUT2D eigenvalue weighted by atomic mass is 35.5. The highest BCUT2D eigenvalue weighted by Gasteiger charge is 2.07. The quantitative estimate of drug-likeness (QED) is 0.357. The summed E-state index contributed by atoms with van der Waals surface area (Å²) in [6.45, 7) is 2.84. The van der Waals surface area contributed by atoms with E-state index in [2.05, 4.69) is 5.32 Å². The summed E-state index contributed by atoms with van der Waals surface area (Å²) >= 11 is 12.5. The van der Waals surface area contributed by atoms with Gasteiger partial charge in [-0.05, 0) is 60.0 Å². The van der Waals surface area contributed by atoms with Gasteiger partial charge in [0.25, 0.3) is 5.69 Å². The Morgan fingerprint density at radius 1 is 1.00 bits per heavy atom. The van der Waals surface area contributed by atoms with Crippen LogP contribution in [0.1, 0.15) is 16.7 Å². The molecule has 5 nitrogen and oxygen atoms in total. The smallest absolute Gasteiger partial charge is 0.269 e. The van der Waals surface area contributed by atoms with Crippen molar-refractivity contribution >= 4 is 34.6 Å². The summed E-state index contributed by atoms with van der Waals surface area (Å²) in [6, 6.07) is 17.6. The molecular weight excluding hydrogens is 399 g/mol. The maximum Gasteiger partial charge on any atom is 0.269 e. The molecule has 0 spiro atoms. The zero-order valence-corrected chi connectivity index (χ0v) is 16.6. The minimum absolute atomic E-state index is 0.0496. The third-order valence-corrected chi connectivity index (χ3v) is 4.99. The van der Waals surface area contributed by atoms with E-state index in [4.69, 9.17) is 27.9 Å². The van der Waals surface area contributed by atoms with Crippen molar-refractivity contribution in [1.29, 1.82) is 0 Å². The van der Waals surface area contributed by atoms with Crippen molar-refractivity contribution in [3.8, 4) is 5.75 Å². The first kappa shape index (κ1) is 20.0. The number of hydrogen-bond donors (Lipinski definition) is 1. The van der Waals surface area contributed by atoms with Crippen molar-refractivity contribution in [3.63, 3.8) is 0 Å². The Hall–Kier alpha value is -2.76. The molecule has 1 N–H and O–H groups in total. The number of ether oxygens (including phenoxy) is 1. The number of benzene rings is 3. The Bertz CT molecular complexity index is 991. The molecule has 0 aliphatic rings. The minimum atomic E-state index is -0.431. The summed E-state index contributed by atoms with van der Waals surface area (Å²) in [4.78, 5) is 10.3. The van der Waals surface area contributed by atoms with E-state index < -0.39 is 4.92 Å². The second kappa shape index (κ2) is 8.95. The zero-order valence-electron chi connectivity index (χ0n) is 15.1. The Kier molecular flexibility index (Phi) is 6.39. The summed E-state index contributed by atoms with van der Waals surface area (Å²) in [6.07, 6.45) is 0. The summed E-state index contributed by atoms with van der Waals surface area (Å²) in [5, 5.41) is 15.3. The van der Waals surface area contributed by atoms with E-state index in [0.717, 1.165) is 27.4 Å². The fourth-order valence-corrected chi connectivity index (χ4v) is 3.07. The van der Waals surface area contributed by atoms with Gasteiger partial charge >= 0.3 is 0 Å². The molecule has 3 aromatic carbocycles. The van der Waals surface area contributed by atoms with Crippen LogP contribution < -0.4 is 10.1 Å². The normalized spacial score (nSPS) is 10.5. The molecule has 0 aromatic heterocycles. The van der Waals surface area contributed by atoms with E-state index in [9.17, 15) is 10.1 Å². The first-order valence-corrected chi connectivity index (χ1v) is 9.33. The lowest BCUT2D eigenvalue weighted by atomic mass is 10.1. The maximum absolute atomic E-state index is 10.7. The molecule has 0 aliphatic heterocycles. The SMILES string of the molecule is Cc1c(Cl)cccc1NCc1ccc(OCc2ccc([N+](=O)[O-])cc2)c(Cl)c1. The van der Waals surface area contributed by atoms with Crippen molar-refractivity contribution in [2.24, 2.45) is 0 Å². The molecule has 0 aliphatic carbocycles. The Labute approximate surface area is 173 Å². The molecule has 28 heavy (non-hydrogen) atoms. The average molecular weight is 417 g/mol. The molecule has 0 bridgehead atoms. The van der Waals surface area contributed by atoms with Gasteiger partial charge in [-0.2, -0.15) is 0 Å². The lowest BCUT2D eigenvalue weighted by molar-refractivity contribution is -0.384. The van der Waals surface area contributed by atoms with Gasteiger partial charge in [0.1, 0.15) is 12.4 Å². The number of nitrogens with zero attached hydrogens (tertiary/aromatic N) is 1. The van der Waals surface area contributed by atoms with Gasteiger partial charge in [0.05, 0.1) is 9.95 Å². The number of nitro groups is 1. The number of nitrogens with one attached hydrogen (secondary N) is 1. The minimum Gasteiger partial charge on any atom is -0.487 e. The second-order valence-corrected chi connectivity index (χ2v) is 7.06. The van der Waals surface area contributed by atoms with Gasteiger partial charge in [-0.25, -0.2) is 0 Å². The molecule has 0 unspecified atom stereocenters. The molecule has 0 amide bonds. The van der Waals surface area contributed by atoms with Gasteiger partial charge in [-0.3, -0.25) is 10.1 Å². The third-order valence-electron chi connectivity index (χ3n) is 4.29. The van der Waals surface area contributed by atoms with Crippen LogP contribution in [0, 0.1) is 17.0 Å². The van der Waals surface area contributed by atoms with Gasteiger partial charge < -0.3 is 10.1 Å². The van der Waals surface area contributed by atoms with E-state index >= 15 is 0 Å². The number of halogens is 2. The Morgan fingerprint density at radius 2 is 1.71 bits per heavy atom. The largest absolute Gasteiger partial charge is 0.487 e. The van der Waals surface area contributed by atoms with E-state index in [0.29, 0.717) is 17.3 Å². The summed E-state index contributed by atoms with van der Waals surface area (Å²) in [7, 11) is 0. The van der Waals surface area contributed by atoms with Crippen LogP contribution in [0.4, 0.5) is 11.4 Å². The lowest BCUT2D eigenvalue weighted by Gasteiger charge is -2.12. The molecule has 0 saturated carbocycles. The zero-order chi connectivity index (χ0) is 20.1. The Balaban J connectivity index is 1.60. The van der Waals surface area contributed by atoms with Crippen molar-refractivity contribution in [2.45, 2.75) is 20.1 Å². The molecule has 0 radical (unpaired) electrons. The topological polar surface area (TPSA) is 64.4 Å². The molecule has 0 fully saturated rings. The predicted octanol–water partition coefficient (Wildman–Crippen LogP) is 6.40. The molecular formula is C21H18Cl2N2O3. The van der Waals surface area contributed by atoms with E-state index in [-0.39, 0.29) is 12.3 Å². The number of nitro benzene ring substituents is 1. The molecule has 3 aromatic rings. The number of hydrogen-bond acceptors (Lipinski definition) is 4. The average Bonchev–Trinajstić information content (AvgIpc) is 2.68. The van der Waals surface area contributed by atoms with Crippen LogP contribution in [0.2, 0.25) is 10.0 Å². The molecule has 0 saturated heterocycles. The summed E-state index contributed by atoms with van der Waals surface area (Å²) in [5.41, 5.74) is 3.85. The maximum atomic E-state index is 10.7. The van der Waals surface area contributed by atoms with Crippen LogP contribution in [0.25, 0.3) is 0 Å². The number of non-ortho nitro benzene ring substituents is 1. The van der Waals surface area contributed by atoms with Crippen LogP contribution in [0.3, 0.4) is 0 Å². The van der Waals surface area contributed by atoms with Crippen molar-refractivity contribution < 1.29 is 9.66 Å². The first-order chi connectivity index (χ1) is 13.4. The number of anilines is 1. The van der Waals surface area contributed by atoms with Crippen molar-refractivity contribution in [3.05, 3.63) is 97.5 Å². The van der Waals surface area contributed by atoms with Gasteiger partial charge in [0, 0.05) is 29.4 Å². The van der Waals surface area contributed by atoms with Gasteiger partial charge in [-0.15, -0.1) is 0 Å². The van der Waals surface area contributed by atoms with Crippen LogP contribution in [0.15, 0.2) is 60.7 Å². The Morgan fingerprint density at radius 3 is 2.39 bits per heavy atom. The van der Waals surface area contributed by atoms with E-state index in [1.807, 2.05) is 43.3 Å². The van der Waals surface area contributed by atoms with Crippen LogP contribution in [-0.4, -0.2) is 4.92 Å². The van der Waals surface area contributed by atoms with Gasteiger partial charge in [0.15, 0.2) is 0 Å². The molecule has 144 valence electrons. The highest BCUT2D eigenvalue weighted by molar-refractivity contribution is 6.32. The van der Waals surface area contributed by atoms with Crippen LogP contribution in [0.5, 0.6) is 5.75 Å². The lowest BCUT2D eigenvalue weighted by Crippen LogP contribution is -2.02. The highest BCUT2D eigenvalue weighted by Crippen LogP contribution is 2.28. The second-order valence-electron chi connectivity index (χ2n) is 6.24. The monoisotopic (exact) mass is 416 g/mol. The summed E-state index contributed by atoms with van der Waals surface area (Å²) in [5.74, 6) is 0.558. The molecule has 0 heterocycles. The fraction of sp³-hybridized carbons (Fsp3) is 0.143. The molecule has 0 atom stereocenters. The number of rotatable bonds is 7. The van der Waals surface area contributed by atoms with Crippen molar-refractivity contribution in [2.75, 3.05) is 5.32 Å². The van der Waals surface area contributed by atoms with E-state index in [1.54, 1.807) is 12.1 Å².